The van der Waals surface area contributed by atoms with E-state index >= 15 is 0 Å². The Kier molecular flexibility index (Phi) is 40.2. The van der Waals surface area contributed by atoms with E-state index in [1.54, 1.807) is 12.1 Å². The molecule has 322 valence electrons. The number of benzene rings is 1. The molecule has 1 aromatic rings. The lowest BCUT2D eigenvalue weighted by molar-refractivity contribution is 0.128. The number of hydrogen-bond donors (Lipinski definition) is 3. The summed E-state index contributed by atoms with van der Waals surface area (Å²) in [5.41, 5.74) is 0. The molecule has 3 atom stereocenters. The van der Waals surface area contributed by atoms with Crippen molar-refractivity contribution < 1.29 is 60.3 Å². The summed E-state index contributed by atoms with van der Waals surface area (Å²) in [7, 11) is -11.5. The lowest BCUT2D eigenvalue weighted by Crippen LogP contribution is -2.06. The van der Waals surface area contributed by atoms with Crippen molar-refractivity contribution in [2.45, 2.75) is 163 Å². The normalized spacial score (nSPS) is 14.4. The predicted molar refractivity (Wildman–Crippen MR) is 218 cm³/mol. The van der Waals surface area contributed by atoms with Crippen LogP contribution in [-0.2, 0) is 40.8 Å². The molecule has 16 heteroatoms. The quantitative estimate of drug-likeness (QED) is 0.0435. The average Bonchev–Trinajstić information content (AvgIpc) is 3.13. The Morgan fingerprint density at radius 2 is 0.648 bits per heavy atom. The van der Waals surface area contributed by atoms with Crippen molar-refractivity contribution in [2.75, 3.05) is 46.2 Å². The zero-order valence-electron chi connectivity index (χ0n) is 34.2. The topological polar surface area (TPSA) is 177 Å². The highest BCUT2D eigenvalue weighted by Gasteiger charge is 2.21. The molecule has 0 aromatic heterocycles. The second-order valence-corrected chi connectivity index (χ2v) is 17.2. The third kappa shape index (κ3) is 42.5. The summed E-state index contributed by atoms with van der Waals surface area (Å²) < 4.78 is 68.3. The van der Waals surface area contributed by atoms with E-state index in [0.717, 1.165) is 64.2 Å². The van der Waals surface area contributed by atoms with Crippen molar-refractivity contribution >= 4 is 23.5 Å². The van der Waals surface area contributed by atoms with Crippen LogP contribution in [0.1, 0.15) is 163 Å². The fraction of sp³-hybridized carbons (Fsp3) is 0.842. The third-order valence-corrected chi connectivity index (χ3v) is 10.7. The zero-order chi connectivity index (χ0) is 40.7. The van der Waals surface area contributed by atoms with Crippen LogP contribution in [0.4, 0.5) is 0 Å². The van der Waals surface area contributed by atoms with Crippen LogP contribution in [0.2, 0.25) is 0 Å². The Balaban J connectivity index is 0. The van der Waals surface area contributed by atoms with E-state index < -0.39 is 23.5 Å². The monoisotopic (exact) mass is 834 g/mol. The number of unbranched alkanes of at least 4 members (excludes halogenated alkanes) is 15. The van der Waals surface area contributed by atoms with Gasteiger partial charge < -0.3 is 19.4 Å². The van der Waals surface area contributed by atoms with E-state index in [1.165, 1.54) is 64.2 Å². The third-order valence-electron chi connectivity index (χ3n) is 7.61. The molecule has 0 spiro atoms. The maximum absolute atomic E-state index is 11.4. The minimum Gasteiger partial charge on any atom is -0.491 e. The van der Waals surface area contributed by atoms with E-state index in [4.69, 9.17) is 31.9 Å². The molecule has 0 saturated heterocycles. The van der Waals surface area contributed by atoms with Crippen molar-refractivity contribution in [3.05, 3.63) is 30.3 Å². The molecule has 3 unspecified atom stereocenters. The Morgan fingerprint density at radius 3 is 0.981 bits per heavy atom. The summed E-state index contributed by atoms with van der Waals surface area (Å²) in [5.74, 6) is 0.695. The SMILES string of the molecule is CCCCCCCCCCOP(=O)(O)OCCCC.CCCCCCCCOP(=O)(O)OCCCC.CCCCOP(=O)(O)OCCOc1ccccc1. The first kappa shape index (κ1) is 55.4. The molecular weight excluding hydrogens is 757 g/mol. The summed E-state index contributed by atoms with van der Waals surface area (Å²) >= 11 is 0. The lowest BCUT2D eigenvalue weighted by atomic mass is 10.1. The summed E-state index contributed by atoms with van der Waals surface area (Å²) in [6.45, 7) is 12.0. The smallest absolute Gasteiger partial charge is 0.472 e. The van der Waals surface area contributed by atoms with Crippen molar-refractivity contribution in [1.82, 2.24) is 0 Å². The molecule has 0 fully saturated rings. The molecule has 0 aliphatic heterocycles. The molecule has 0 aliphatic carbocycles. The van der Waals surface area contributed by atoms with Crippen LogP contribution in [0.3, 0.4) is 0 Å². The molecule has 13 nitrogen and oxygen atoms in total. The molecule has 0 saturated carbocycles. The Bertz CT molecular complexity index is 1070. The number of phosphoric ester groups is 3. The van der Waals surface area contributed by atoms with Gasteiger partial charge in [-0.25, -0.2) is 13.7 Å². The summed E-state index contributed by atoms with van der Waals surface area (Å²) in [4.78, 5) is 27.9. The van der Waals surface area contributed by atoms with Gasteiger partial charge in [-0.15, -0.1) is 0 Å². The predicted octanol–water partition coefficient (Wildman–Crippen LogP) is 12.3. The van der Waals surface area contributed by atoms with Crippen LogP contribution in [0.25, 0.3) is 0 Å². The Labute approximate surface area is 328 Å². The molecule has 1 rings (SSSR count). The highest BCUT2D eigenvalue weighted by molar-refractivity contribution is 7.47. The molecule has 0 radical (unpaired) electrons. The van der Waals surface area contributed by atoms with Gasteiger partial charge in [-0.05, 0) is 44.2 Å². The molecule has 0 heterocycles. The fourth-order valence-corrected chi connectivity index (χ4v) is 6.72. The van der Waals surface area contributed by atoms with E-state index in [2.05, 4.69) is 13.8 Å². The van der Waals surface area contributed by atoms with Crippen LogP contribution in [0, 0.1) is 0 Å². The minimum absolute atomic E-state index is 0.00873. The zero-order valence-corrected chi connectivity index (χ0v) is 36.9. The van der Waals surface area contributed by atoms with Crippen molar-refractivity contribution in [3.63, 3.8) is 0 Å². The average molecular weight is 835 g/mol. The largest absolute Gasteiger partial charge is 0.491 e. The highest BCUT2D eigenvalue weighted by Crippen LogP contribution is 2.44. The van der Waals surface area contributed by atoms with Crippen molar-refractivity contribution in [3.8, 4) is 5.75 Å². The van der Waals surface area contributed by atoms with E-state index in [-0.39, 0.29) is 19.8 Å². The number of ether oxygens (including phenoxy) is 1. The number of rotatable bonds is 35. The van der Waals surface area contributed by atoms with Gasteiger partial charge in [0.2, 0.25) is 0 Å². The summed E-state index contributed by atoms with van der Waals surface area (Å²) in [6.07, 6.45) is 21.4. The molecule has 0 aliphatic rings. The Morgan fingerprint density at radius 1 is 0.370 bits per heavy atom. The summed E-state index contributed by atoms with van der Waals surface area (Å²) in [6, 6.07) is 9.18. The van der Waals surface area contributed by atoms with E-state index in [1.807, 2.05) is 39.0 Å². The van der Waals surface area contributed by atoms with Gasteiger partial charge in [-0.1, -0.05) is 149 Å². The van der Waals surface area contributed by atoms with E-state index in [0.29, 0.717) is 32.2 Å². The second-order valence-electron chi connectivity index (χ2n) is 12.9. The van der Waals surface area contributed by atoms with Crippen LogP contribution < -0.4 is 4.74 Å². The Hall–Kier alpha value is -0.650. The van der Waals surface area contributed by atoms with Gasteiger partial charge in [0.05, 0.1) is 39.6 Å². The van der Waals surface area contributed by atoms with Crippen LogP contribution in [0.15, 0.2) is 30.3 Å². The molecular formula is C38H77O13P3. The minimum atomic E-state index is -3.92. The number of hydrogen-bond acceptors (Lipinski definition) is 10. The van der Waals surface area contributed by atoms with E-state index in [9.17, 15) is 28.4 Å². The van der Waals surface area contributed by atoms with Gasteiger partial charge in [0, 0.05) is 0 Å². The molecule has 0 amide bonds. The van der Waals surface area contributed by atoms with Crippen LogP contribution >= 0.6 is 23.5 Å². The second kappa shape index (κ2) is 39.2. The maximum atomic E-state index is 11.4. The molecule has 54 heavy (non-hydrogen) atoms. The molecule has 1 aromatic carbocycles. The van der Waals surface area contributed by atoms with Gasteiger partial charge in [-0.3, -0.25) is 27.1 Å². The molecule has 0 bridgehead atoms. The lowest BCUT2D eigenvalue weighted by Gasteiger charge is -2.12. The first-order chi connectivity index (χ1) is 25.9. The molecule has 3 N–H and O–H groups in total. The fourth-order valence-electron chi connectivity index (χ4n) is 4.39. The van der Waals surface area contributed by atoms with Crippen LogP contribution in [-0.4, -0.2) is 60.9 Å². The van der Waals surface area contributed by atoms with Crippen LogP contribution in [0.5, 0.6) is 5.75 Å². The first-order valence-electron chi connectivity index (χ1n) is 20.4. The number of para-hydroxylation sites is 1. The first-order valence-corrected chi connectivity index (χ1v) is 24.9. The highest BCUT2D eigenvalue weighted by atomic mass is 31.2. The van der Waals surface area contributed by atoms with Crippen molar-refractivity contribution in [1.29, 1.82) is 0 Å². The standard InChI is InChI=1S/C14H31O4P.C12H19O5P.C12H27O4P/c1-3-5-7-8-9-10-11-12-14-18-19(15,16)17-13-6-4-2;1-2-3-9-16-18(13,14)17-11-10-15-12-7-5-4-6-8-12;1-3-5-7-8-9-10-12-16-17(13,14)15-11-6-4-2/h3-14H2,1-2H3,(H,15,16);4-8H,2-3,9-11H2,1H3,(H,13,14);3-12H2,1-2H3,(H,13,14). The maximum Gasteiger partial charge on any atom is 0.472 e. The van der Waals surface area contributed by atoms with Gasteiger partial charge in [0.1, 0.15) is 12.4 Å². The van der Waals surface area contributed by atoms with Gasteiger partial charge >= 0.3 is 23.5 Å². The summed E-state index contributed by atoms with van der Waals surface area (Å²) in [5, 5.41) is 0. The van der Waals surface area contributed by atoms with Gasteiger partial charge in [0.25, 0.3) is 0 Å². The van der Waals surface area contributed by atoms with Crippen molar-refractivity contribution in [2.24, 2.45) is 0 Å². The van der Waals surface area contributed by atoms with Gasteiger partial charge in [-0.2, -0.15) is 0 Å². The number of phosphoric acid groups is 3. The van der Waals surface area contributed by atoms with Gasteiger partial charge in [0.15, 0.2) is 0 Å².